The summed E-state index contributed by atoms with van der Waals surface area (Å²) >= 11 is 4.49. The van der Waals surface area contributed by atoms with Crippen LogP contribution in [-0.4, -0.2) is 13.2 Å². The van der Waals surface area contributed by atoms with Crippen LogP contribution in [-0.2, 0) is 47.1 Å². The summed E-state index contributed by atoms with van der Waals surface area (Å²) in [6.45, 7) is 3.74. The smallest absolute Gasteiger partial charge is 0.780 e. The van der Waals surface area contributed by atoms with Crippen molar-refractivity contribution in [1.29, 1.82) is 0 Å². The second-order valence-electron chi connectivity index (χ2n) is 1.62. The second-order valence-corrected chi connectivity index (χ2v) is 4.37. The molecule has 66 valence electrons. The van der Waals surface area contributed by atoms with Crippen LogP contribution in [0.1, 0.15) is 0 Å². The predicted octanol–water partition coefficient (Wildman–Crippen LogP) is 0.974. The Morgan fingerprint density at radius 2 is 1.58 bits per heavy atom. The number of hydrogen-bond donors (Lipinski definition) is 0. The zero-order valence-corrected chi connectivity index (χ0v) is 10.7. The van der Waals surface area contributed by atoms with E-state index in [1.54, 1.807) is 0 Å². The Balaban J connectivity index is 0. The van der Waals surface area contributed by atoms with E-state index in [2.05, 4.69) is 34.0 Å². The molecule has 0 aromatic heterocycles. The van der Waals surface area contributed by atoms with Crippen molar-refractivity contribution >= 4 is 18.5 Å². The molecule has 0 saturated carbocycles. The van der Waals surface area contributed by atoms with Crippen LogP contribution in [0, 0.1) is 0 Å². The summed E-state index contributed by atoms with van der Waals surface area (Å²) in [5.41, 5.74) is 0. The number of hydrogen-bond acceptors (Lipinski definition) is 4. The predicted molar refractivity (Wildman–Crippen MR) is 46.6 cm³/mol. The van der Waals surface area contributed by atoms with Gasteiger partial charge < -0.3 is 13.9 Å². The average Bonchev–Trinajstić information content (AvgIpc) is 1.97. The van der Waals surface area contributed by atoms with Gasteiger partial charge in [0.2, 0.25) is 0 Å². The average molecular weight is 284 g/mol. The van der Waals surface area contributed by atoms with Gasteiger partial charge in [-0.2, -0.15) is 0 Å². The van der Waals surface area contributed by atoms with Gasteiger partial charge in [-0.1, -0.05) is 24.0 Å². The van der Waals surface area contributed by atoms with E-state index in [1.165, 1.54) is 12.2 Å². The zero-order valence-electron chi connectivity index (χ0n) is 6.56. The molecule has 0 atom stereocenters. The van der Waals surface area contributed by atoms with Crippen molar-refractivity contribution in [3.63, 3.8) is 0 Å². The Labute approximate surface area is 96.8 Å². The first kappa shape index (κ1) is 15.4. The molecule has 6 heteroatoms. The third-order valence-corrected chi connectivity index (χ3v) is 2.26. The molecule has 0 aromatic rings. The summed E-state index contributed by atoms with van der Waals surface area (Å²) in [5, 5.41) is 0. The SMILES string of the molecule is C=CCOP([O-])(=S)OCC=C.[Zr+2]. The van der Waals surface area contributed by atoms with Crippen LogP contribution in [0.3, 0.4) is 0 Å². The minimum atomic E-state index is -3.28. The van der Waals surface area contributed by atoms with E-state index in [0.29, 0.717) is 0 Å². The van der Waals surface area contributed by atoms with Gasteiger partial charge in [-0.3, -0.25) is 0 Å². The Hall–Kier alpha value is 0.893. The van der Waals surface area contributed by atoms with Crippen molar-refractivity contribution in [2.45, 2.75) is 0 Å². The third-order valence-electron chi connectivity index (χ3n) is 0.701. The largest absolute Gasteiger partial charge is 2.00 e. The molecule has 0 aromatic carbocycles. The van der Waals surface area contributed by atoms with Gasteiger partial charge >= 0.3 is 26.2 Å². The summed E-state index contributed by atoms with van der Waals surface area (Å²) < 4.78 is 9.33. The summed E-state index contributed by atoms with van der Waals surface area (Å²) in [6, 6.07) is 0. The fraction of sp³-hybridized carbons (Fsp3) is 0.333. The van der Waals surface area contributed by atoms with Crippen LogP contribution >= 0.6 is 6.72 Å². The van der Waals surface area contributed by atoms with Crippen molar-refractivity contribution in [2.75, 3.05) is 13.2 Å². The molecule has 0 N–H and O–H groups in total. The number of rotatable bonds is 6. The first-order chi connectivity index (χ1) is 5.12. The Bertz CT molecular complexity index is 170. The van der Waals surface area contributed by atoms with Crippen LogP contribution < -0.4 is 4.89 Å². The van der Waals surface area contributed by atoms with Crippen LogP contribution in [0.25, 0.3) is 0 Å². The van der Waals surface area contributed by atoms with E-state index >= 15 is 0 Å². The minimum absolute atomic E-state index is 0. The van der Waals surface area contributed by atoms with E-state index in [0.717, 1.165) is 0 Å². The Morgan fingerprint density at radius 3 is 1.83 bits per heavy atom. The molecule has 0 aliphatic rings. The molecule has 0 saturated heterocycles. The molecule has 0 heterocycles. The van der Waals surface area contributed by atoms with E-state index in [1.807, 2.05) is 0 Å². The van der Waals surface area contributed by atoms with Crippen LogP contribution in [0.2, 0.25) is 0 Å². The summed E-state index contributed by atoms with van der Waals surface area (Å²) in [6.07, 6.45) is 2.91. The van der Waals surface area contributed by atoms with E-state index in [9.17, 15) is 4.89 Å². The molecule has 0 bridgehead atoms. The van der Waals surface area contributed by atoms with Crippen molar-refractivity contribution in [1.82, 2.24) is 0 Å². The monoisotopic (exact) mass is 283 g/mol. The first-order valence-corrected chi connectivity index (χ1v) is 5.50. The topological polar surface area (TPSA) is 41.5 Å². The summed E-state index contributed by atoms with van der Waals surface area (Å²) in [7, 11) is 0. The van der Waals surface area contributed by atoms with Gasteiger partial charge in [0.05, 0.1) is 13.2 Å². The minimum Gasteiger partial charge on any atom is -0.780 e. The molecule has 0 fully saturated rings. The fourth-order valence-corrected chi connectivity index (χ4v) is 1.34. The van der Waals surface area contributed by atoms with Crippen molar-refractivity contribution in [2.24, 2.45) is 0 Å². The van der Waals surface area contributed by atoms with Gasteiger partial charge in [0.1, 0.15) is 6.72 Å². The maximum atomic E-state index is 11.0. The molecular formula is C6H10O3PSZr+. The fourth-order valence-electron chi connectivity index (χ4n) is 0.325. The van der Waals surface area contributed by atoms with E-state index in [4.69, 9.17) is 0 Å². The Morgan fingerprint density at radius 1 is 1.25 bits per heavy atom. The van der Waals surface area contributed by atoms with Gasteiger partial charge in [0.15, 0.2) is 0 Å². The van der Waals surface area contributed by atoms with Gasteiger partial charge in [-0.15, -0.1) is 13.2 Å². The van der Waals surface area contributed by atoms with Crippen molar-refractivity contribution in [3.05, 3.63) is 25.3 Å². The molecule has 0 amide bonds. The molecule has 12 heavy (non-hydrogen) atoms. The normalized spacial score (nSPS) is 10.1. The summed E-state index contributed by atoms with van der Waals surface area (Å²) in [4.78, 5) is 11.0. The standard InChI is InChI=1S/C6H11O3PS.Zr/c1-3-5-8-10(7,11)9-6-4-2;/h3-4H,1-2,5-6H2,(H,7,11);/q;+2/p-1. The van der Waals surface area contributed by atoms with Crippen molar-refractivity contribution in [3.8, 4) is 0 Å². The first-order valence-electron chi connectivity index (χ1n) is 2.94. The van der Waals surface area contributed by atoms with Gasteiger partial charge in [-0.25, -0.2) is 0 Å². The second kappa shape index (κ2) is 8.49. The zero-order chi connectivity index (χ0) is 8.74. The summed E-state index contributed by atoms with van der Waals surface area (Å²) in [5.74, 6) is 0. The van der Waals surface area contributed by atoms with E-state index in [-0.39, 0.29) is 39.4 Å². The molecule has 0 radical (unpaired) electrons. The molecule has 0 rings (SSSR count). The molecule has 0 unspecified atom stereocenters. The van der Waals surface area contributed by atoms with Gasteiger partial charge in [0.25, 0.3) is 0 Å². The van der Waals surface area contributed by atoms with Crippen LogP contribution in [0.15, 0.2) is 25.3 Å². The van der Waals surface area contributed by atoms with Gasteiger partial charge in [0, 0.05) is 0 Å². The third kappa shape index (κ3) is 8.98. The molecule has 3 nitrogen and oxygen atoms in total. The maximum Gasteiger partial charge on any atom is 2.00 e. The molecular weight excluding hydrogens is 274 g/mol. The van der Waals surface area contributed by atoms with Gasteiger partial charge in [-0.05, 0) is 0 Å². The van der Waals surface area contributed by atoms with Crippen LogP contribution in [0.4, 0.5) is 0 Å². The van der Waals surface area contributed by atoms with E-state index < -0.39 is 6.72 Å². The molecule has 0 aliphatic carbocycles. The molecule has 0 spiro atoms. The molecule has 0 aliphatic heterocycles. The quantitative estimate of drug-likeness (QED) is 0.538. The van der Waals surface area contributed by atoms with Crippen LogP contribution in [0.5, 0.6) is 0 Å². The maximum absolute atomic E-state index is 11.0. The Kier molecular flexibility index (Phi) is 10.9. The van der Waals surface area contributed by atoms with Crippen molar-refractivity contribution < 1.29 is 40.1 Å².